The van der Waals surface area contributed by atoms with Crippen LogP contribution in [-0.2, 0) is 4.79 Å². The molecule has 3 nitrogen and oxygen atoms in total. The van der Waals surface area contributed by atoms with E-state index in [-0.39, 0.29) is 0 Å². The van der Waals surface area contributed by atoms with Gasteiger partial charge in [0.15, 0.2) is 0 Å². The van der Waals surface area contributed by atoms with Crippen LogP contribution in [0.3, 0.4) is 0 Å². The maximum Gasteiger partial charge on any atom is 0.244 e. The Labute approximate surface area is 131 Å². The third-order valence-electron chi connectivity index (χ3n) is 3.01. The van der Waals surface area contributed by atoms with E-state index in [2.05, 4.69) is 21.2 Å². The highest BCUT2D eigenvalue weighted by Gasteiger charge is 2.19. The van der Waals surface area contributed by atoms with Gasteiger partial charge in [-0.3, -0.25) is 4.79 Å². The van der Waals surface area contributed by atoms with Gasteiger partial charge in [-0.25, -0.2) is 0 Å². The number of benzene rings is 2. The molecule has 0 saturated carbocycles. The van der Waals surface area contributed by atoms with Crippen LogP contribution in [0.1, 0.15) is 17.2 Å². The highest BCUT2D eigenvalue weighted by molar-refractivity contribution is 9.10. The summed E-state index contributed by atoms with van der Waals surface area (Å²) in [6, 6.07) is 12.5. The molecule has 1 atom stereocenters. The van der Waals surface area contributed by atoms with Gasteiger partial charge in [0, 0.05) is 10.2 Å². The quantitative estimate of drug-likeness (QED) is 0.871. The molecular formula is C15H14BrClN2O. The number of carbonyl (C=O) groups is 1. The number of amides is 1. The number of nitrogens with one attached hydrogen (secondary N) is 1. The molecule has 2 aromatic carbocycles. The van der Waals surface area contributed by atoms with E-state index in [1.54, 1.807) is 12.1 Å². The predicted molar refractivity (Wildman–Crippen MR) is 85.9 cm³/mol. The highest BCUT2D eigenvalue weighted by Crippen LogP contribution is 2.28. The van der Waals surface area contributed by atoms with Crippen LogP contribution in [0.25, 0.3) is 0 Å². The second-order valence-corrected chi connectivity index (χ2v) is 5.73. The number of carbonyl (C=O) groups excluding carboxylic acids is 1. The number of primary amides is 1. The summed E-state index contributed by atoms with van der Waals surface area (Å²) in [4.78, 5) is 11.7. The van der Waals surface area contributed by atoms with Gasteiger partial charge in [0.05, 0.1) is 5.02 Å². The minimum atomic E-state index is -0.579. The first-order chi connectivity index (χ1) is 9.49. The lowest BCUT2D eigenvalue weighted by Crippen LogP contribution is -2.28. The van der Waals surface area contributed by atoms with E-state index in [0.29, 0.717) is 5.02 Å². The molecular weight excluding hydrogens is 340 g/mol. The van der Waals surface area contributed by atoms with E-state index in [1.165, 1.54) is 0 Å². The summed E-state index contributed by atoms with van der Waals surface area (Å²) in [6.07, 6.45) is 0. The molecule has 0 radical (unpaired) electrons. The molecule has 104 valence electrons. The lowest BCUT2D eigenvalue weighted by atomic mass is 10.0. The van der Waals surface area contributed by atoms with Crippen LogP contribution in [0.4, 0.5) is 5.69 Å². The summed E-state index contributed by atoms with van der Waals surface area (Å²) in [5, 5.41) is 3.75. The third kappa shape index (κ3) is 3.32. The fourth-order valence-electron chi connectivity index (χ4n) is 1.97. The summed E-state index contributed by atoms with van der Waals surface area (Å²) in [6.45, 7) is 1.95. The molecule has 1 unspecified atom stereocenters. The number of halogens is 2. The number of aryl methyl sites for hydroxylation is 1. The highest BCUT2D eigenvalue weighted by atomic mass is 79.9. The SMILES string of the molecule is Cc1ccccc1C(Nc1ccc(Cl)c(Br)c1)C(N)=O. The topological polar surface area (TPSA) is 55.1 Å². The minimum Gasteiger partial charge on any atom is -0.370 e. The van der Waals surface area contributed by atoms with Gasteiger partial charge in [-0.2, -0.15) is 0 Å². The lowest BCUT2D eigenvalue weighted by Gasteiger charge is -2.19. The fourth-order valence-corrected chi connectivity index (χ4v) is 2.46. The van der Waals surface area contributed by atoms with E-state index in [4.69, 9.17) is 17.3 Å². The van der Waals surface area contributed by atoms with Crippen molar-refractivity contribution in [1.29, 1.82) is 0 Å². The Morgan fingerprint density at radius 1 is 1.30 bits per heavy atom. The lowest BCUT2D eigenvalue weighted by molar-refractivity contribution is -0.118. The predicted octanol–water partition coefficient (Wildman–Crippen LogP) is 4.05. The van der Waals surface area contributed by atoms with E-state index >= 15 is 0 Å². The van der Waals surface area contributed by atoms with Gasteiger partial charge in [0.25, 0.3) is 0 Å². The first kappa shape index (κ1) is 14.9. The van der Waals surface area contributed by atoms with Crippen molar-refractivity contribution in [3.8, 4) is 0 Å². The first-order valence-electron chi connectivity index (χ1n) is 6.05. The van der Waals surface area contributed by atoms with Crippen molar-refractivity contribution in [2.75, 3.05) is 5.32 Å². The molecule has 0 spiro atoms. The Kier molecular flexibility index (Phi) is 4.68. The van der Waals surface area contributed by atoms with Gasteiger partial charge in [0.1, 0.15) is 6.04 Å². The number of anilines is 1. The van der Waals surface area contributed by atoms with Crippen molar-refractivity contribution in [1.82, 2.24) is 0 Å². The van der Waals surface area contributed by atoms with Gasteiger partial charge >= 0.3 is 0 Å². The summed E-state index contributed by atoms with van der Waals surface area (Å²) in [5.41, 5.74) is 8.16. The number of nitrogens with two attached hydrogens (primary N) is 1. The van der Waals surface area contributed by atoms with Crippen molar-refractivity contribution >= 4 is 39.1 Å². The van der Waals surface area contributed by atoms with Crippen molar-refractivity contribution in [2.45, 2.75) is 13.0 Å². The molecule has 5 heteroatoms. The third-order valence-corrected chi connectivity index (χ3v) is 4.23. The van der Waals surface area contributed by atoms with Crippen LogP contribution in [0, 0.1) is 6.92 Å². The Morgan fingerprint density at radius 3 is 2.60 bits per heavy atom. The zero-order valence-electron chi connectivity index (χ0n) is 10.9. The molecule has 0 aliphatic heterocycles. The molecule has 0 saturated heterocycles. The Balaban J connectivity index is 2.33. The molecule has 0 bridgehead atoms. The molecule has 0 fully saturated rings. The zero-order valence-corrected chi connectivity index (χ0v) is 13.2. The van der Waals surface area contributed by atoms with Crippen LogP contribution in [-0.4, -0.2) is 5.91 Å². The average molecular weight is 354 g/mol. The monoisotopic (exact) mass is 352 g/mol. The average Bonchev–Trinajstić information content (AvgIpc) is 2.41. The second kappa shape index (κ2) is 6.29. The Hall–Kier alpha value is -1.52. The van der Waals surface area contributed by atoms with Crippen molar-refractivity contribution in [3.05, 3.63) is 63.1 Å². The molecule has 0 aliphatic rings. The van der Waals surface area contributed by atoms with Gasteiger partial charge < -0.3 is 11.1 Å². The second-order valence-electron chi connectivity index (χ2n) is 4.47. The van der Waals surface area contributed by atoms with Crippen LogP contribution in [0.5, 0.6) is 0 Å². The fraction of sp³-hybridized carbons (Fsp3) is 0.133. The van der Waals surface area contributed by atoms with E-state index in [9.17, 15) is 4.79 Å². The Bertz CT molecular complexity index is 646. The largest absolute Gasteiger partial charge is 0.370 e. The Morgan fingerprint density at radius 2 is 2.00 bits per heavy atom. The van der Waals surface area contributed by atoms with Gasteiger partial charge in [-0.05, 0) is 52.2 Å². The molecule has 3 N–H and O–H groups in total. The minimum absolute atomic E-state index is 0.426. The van der Waals surface area contributed by atoms with Crippen LogP contribution in [0.2, 0.25) is 5.02 Å². The molecule has 1 amide bonds. The number of hydrogen-bond acceptors (Lipinski definition) is 2. The van der Waals surface area contributed by atoms with E-state index in [1.807, 2.05) is 37.3 Å². The van der Waals surface area contributed by atoms with Gasteiger partial charge in [-0.1, -0.05) is 35.9 Å². The molecule has 0 aliphatic carbocycles. The van der Waals surface area contributed by atoms with E-state index in [0.717, 1.165) is 21.3 Å². The standard InChI is InChI=1S/C15H14BrClN2O/c1-9-4-2-3-5-11(9)14(15(18)20)19-10-6-7-13(17)12(16)8-10/h2-8,14,19H,1H3,(H2,18,20). The molecule has 2 aromatic rings. The number of hydrogen-bond donors (Lipinski definition) is 2. The summed E-state index contributed by atoms with van der Waals surface area (Å²) < 4.78 is 0.761. The maximum absolute atomic E-state index is 11.7. The van der Waals surface area contributed by atoms with Crippen molar-refractivity contribution in [3.63, 3.8) is 0 Å². The molecule has 20 heavy (non-hydrogen) atoms. The van der Waals surface area contributed by atoms with Gasteiger partial charge in [-0.15, -0.1) is 0 Å². The van der Waals surface area contributed by atoms with E-state index < -0.39 is 11.9 Å². The zero-order chi connectivity index (χ0) is 14.7. The van der Waals surface area contributed by atoms with Gasteiger partial charge in [0.2, 0.25) is 5.91 Å². The van der Waals surface area contributed by atoms with Crippen LogP contribution >= 0.6 is 27.5 Å². The summed E-state index contributed by atoms with van der Waals surface area (Å²) >= 11 is 9.31. The van der Waals surface area contributed by atoms with Crippen molar-refractivity contribution in [2.24, 2.45) is 5.73 Å². The molecule has 0 heterocycles. The maximum atomic E-state index is 11.7. The molecule has 0 aromatic heterocycles. The van der Waals surface area contributed by atoms with Crippen LogP contribution in [0.15, 0.2) is 46.9 Å². The summed E-state index contributed by atoms with van der Waals surface area (Å²) in [5.74, 6) is -0.426. The first-order valence-corrected chi connectivity index (χ1v) is 7.22. The van der Waals surface area contributed by atoms with Crippen molar-refractivity contribution < 1.29 is 4.79 Å². The number of rotatable bonds is 4. The smallest absolute Gasteiger partial charge is 0.244 e. The summed E-state index contributed by atoms with van der Waals surface area (Å²) in [7, 11) is 0. The van der Waals surface area contributed by atoms with Crippen LogP contribution < -0.4 is 11.1 Å². The normalized spacial score (nSPS) is 11.9. The molecule has 2 rings (SSSR count).